The Labute approximate surface area is 75.0 Å². The van der Waals surface area contributed by atoms with Gasteiger partial charge in [0.15, 0.2) is 0 Å². The molecule has 0 saturated heterocycles. The van der Waals surface area contributed by atoms with Crippen LogP contribution in [0.3, 0.4) is 0 Å². The number of hydrogen-bond donors (Lipinski definition) is 1. The summed E-state index contributed by atoms with van der Waals surface area (Å²) in [5, 5.41) is 3.44. The number of allylic oxidation sites excluding steroid dienone is 1. The molecule has 0 fully saturated rings. The average molecular weight is 169 g/mol. The summed E-state index contributed by atoms with van der Waals surface area (Å²) in [5.41, 5.74) is 0. The lowest BCUT2D eigenvalue weighted by molar-refractivity contribution is 0.119. The number of nitrogens with one attached hydrogen (secondary N) is 1. The summed E-state index contributed by atoms with van der Waals surface area (Å²) in [4.78, 5) is 0. The van der Waals surface area contributed by atoms with E-state index in [0.29, 0.717) is 12.1 Å². The molecule has 2 atom stereocenters. The first kappa shape index (κ1) is 9.59. The Kier molecular flexibility index (Phi) is 4.15. The van der Waals surface area contributed by atoms with Gasteiger partial charge in [-0.3, -0.25) is 0 Å². The predicted octanol–water partition coefficient (Wildman–Crippen LogP) is 2.07. The summed E-state index contributed by atoms with van der Waals surface area (Å²) in [6.45, 7) is 5.39. The molecule has 0 saturated carbocycles. The molecule has 0 amide bonds. The first-order valence-corrected chi connectivity index (χ1v) is 4.86. The maximum absolute atomic E-state index is 5.43. The van der Waals surface area contributed by atoms with Gasteiger partial charge >= 0.3 is 0 Å². The van der Waals surface area contributed by atoms with Crippen molar-refractivity contribution in [2.45, 2.75) is 45.3 Å². The molecule has 2 nitrogen and oxygen atoms in total. The van der Waals surface area contributed by atoms with Crippen LogP contribution in [-0.2, 0) is 4.74 Å². The van der Waals surface area contributed by atoms with Crippen LogP contribution in [0.5, 0.6) is 0 Å². The van der Waals surface area contributed by atoms with Gasteiger partial charge in [0.25, 0.3) is 0 Å². The second kappa shape index (κ2) is 5.20. The first-order valence-electron chi connectivity index (χ1n) is 4.86. The maximum atomic E-state index is 5.43. The van der Waals surface area contributed by atoms with E-state index in [1.165, 1.54) is 6.42 Å². The van der Waals surface area contributed by atoms with Gasteiger partial charge in [0, 0.05) is 12.6 Å². The zero-order valence-electron chi connectivity index (χ0n) is 8.05. The van der Waals surface area contributed by atoms with Crippen molar-refractivity contribution in [3.05, 3.63) is 12.3 Å². The van der Waals surface area contributed by atoms with Crippen molar-refractivity contribution < 1.29 is 4.74 Å². The Morgan fingerprint density at radius 2 is 2.50 bits per heavy atom. The Hall–Kier alpha value is -0.500. The van der Waals surface area contributed by atoms with Gasteiger partial charge in [-0.25, -0.2) is 0 Å². The molecule has 2 unspecified atom stereocenters. The van der Waals surface area contributed by atoms with Gasteiger partial charge in [-0.15, -0.1) is 0 Å². The highest BCUT2D eigenvalue weighted by Gasteiger charge is 2.10. The zero-order chi connectivity index (χ0) is 8.81. The van der Waals surface area contributed by atoms with E-state index in [9.17, 15) is 0 Å². The van der Waals surface area contributed by atoms with Gasteiger partial charge in [-0.05, 0) is 32.3 Å². The Morgan fingerprint density at radius 3 is 3.08 bits per heavy atom. The van der Waals surface area contributed by atoms with E-state index in [2.05, 4.69) is 25.2 Å². The monoisotopic (exact) mass is 169 g/mol. The van der Waals surface area contributed by atoms with Gasteiger partial charge in [-0.1, -0.05) is 6.92 Å². The van der Waals surface area contributed by atoms with E-state index in [1.54, 1.807) is 0 Å². The van der Waals surface area contributed by atoms with Crippen molar-refractivity contribution in [3.63, 3.8) is 0 Å². The van der Waals surface area contributed by atoms with Crippen LogP contribution in [0.2, 0.25) is 0 Å². The topological polar surface area (TPSA) is 21.3 Å². The molecule has 0 bridgehead atoms. The van der Waals surface area contributed by atoms with Gasteiger partial charge in [0.1, 0.15) is 6.10 Å². The average Bonchev–Trinajstić information content (AvgIpc) is 2.16. The molecule has 0 radical (unpaired) electrons. The molecule has 0 aromatic heterocycles. The molecule has 1 aliphatic rings. The van der Waals surface area contributed by atoms with Crippen LogP contribution in [0.4, 0.5) is 0 Å². The van der Waals surface area contributed by atoms with Crippen LogP contribution >= 0.6 is 0 Å². The molecule has 0 spiro atoms. The van der Waals surface area contributed by atoms with E-state index in [4.69, 9.17) is 4.74 Å². The van der Waals surface area contributed by atoms with Crippen LogP contribution in [0.1, 0.15) is 33.1 Å². The predicted molar refractivity (Wildman–Crippen MR) is 51.0 cm³/mol. The van der Waals surface area contributed by atoms with E-state index in [-0.39, 0.29) is 0 Å². The standard InChI is InChI=1S/C10H19NO/c1-3-9(2)11-8-10-6-4-5-7-12-10/h5,7,9-11H,3-4,6,8H2,1-2H3. The fraction of sp³-hybridized carbons (Fsp3) is 0.800. The van der Waals surface area contributed by atoms with Gasteiger partial charge in [0.05, 0.1) is 6.26 Å². The third kappa shape index (κ3) is 3.26. The van der Waals surface area contributed by atoms with Crippen LogP contribution < -0.4 is 5.32 Å². The minimum atomic E-state index is 0.393. The number of hydrogen-bond acceptors (Lipinski definition) is 2. The highest BCUT2D eigenvalue weighted by atomic mass is 16.5. The highest BCUT2D eigenvalue weighted by Crippen LogP contribution is 2.09. The summed E-state index contributed by atoms with van der Waals surface area (Å²) in [7, 11) is 0. The third-order valence-electron chi connectivity index (χ3n) is 2.33. The van der Waals surface area contributed by atoms with Crippen LogP contribution in [-0.4, -0.2) is 18.7 Å². The molecule has 1 aliphatic heterocycles. The van der Waals surface area contributed by atoms with Crippen molar-refractivity contribution in [1.82, 2.24) is 5.32 Å². The largest absolute Gasteiger partial charge is 0.497 e. The van der Waals surface area contributed by atoms with Crippen LogP contribution in [0, 0.1) is 0 Å². The van der Waals surface area contributed by atoms with Crippen molar-refractivity contribution in [3.8, 4) is 0 Å². The van der Waals surface area contributed by atoms with Gasteiger partial charge < -0.3 is 10.1 Å². The Balaban J connectivity index is 2.10. The summed E-state index contributed by atoms with van der Waals surface area (Å²) >= 11 is 0. The summed E-state index contributed by atoms with van der Waals surface area (Å²) in [6, 6.07) is 0.611. The Morgan fingerprint density at radius 1 is 1.67 bits per heavy atom. The molecule has 70 valence electrons. The molecule has 1 heterocycles. The SMILES string of the molecule is CCC(C)NCC1CCC=CO1. The highest BCUT2D eigenvalue weighted by molar-refractivity contribution is 4.83. The van der Waals surface area contributed by atoms with Crippen LogP contribution in [0.15, 0.2) is 12.3 Å². The van der Waals surface area contributed by atoms with Crippen LogP contribution in [0.25, 0.3) is 0 Å². The second-order valence-corrected chi connectivity index (χ2v) is 3.42. The maximum Gasteiger partial charge on any atom is 0.110 e. The molecule has 1 rings (SSSR count). The van der Waals surface area contributed by atoms with Crippen molar-refractivity contribution in [2.75, 3.05) is 6.54 Å². The molecule has 12 heavy (non-hydrogen) atoms. The molecule has 0 aromatic carbocycles. The minimum Gasteiger partial charge on any atom is -0.497 e. The third-order valence-corrected chi connectivity index (χ3v) is 2.33. The molecular formula is C10H19NO. The van der Waals surface area contributed by atoms with Crippen molar-refractivity contribution in [1.29, 1.82) is 0 Å². The minimum absolute atomic E-state index is 0.393. The molecule has 1 N–H and O–H groups in total. The lowest BCUT2D eigenvalue weighted by atomic mass is 10.1. The van der Waals surface area contributed by atoms with E-state index < -0.39 is 0 Å². The van der Waals surface area contributed by atoms with Gasteiger partial charge in [-0.2, -0.15) is 0 Å². The molecule has 2 heteroatoms. The quantitative estimate of drug-likeness (QED) is 0.695. The smallest absolute Gasteiger partial charge is 0.110 e. The molecule has 0 aliphatic carbocycles. The molecular weight excluding hydrogens is 150 g/mol. The number of ether oxygens (including phenoxy) is 1. The van der Waals surface area contributed by atoms with E-state index in [1.807, 2.05) is 6.26 Å². The van der Waals surface area contributed by atoms with Gasteiger partial charge in [0.2, 0.25) is 0 Å². The zero-order valence-corrected chi connectivity index (χ0v) is 8.05. The van der Waals surface area contributed by atoms with E-state index >= 15 is 0 Å². The Bertz CT molecular complexity index is 145. The van der Waals surface area contributed by atoms with E-state index in [0.717, 1.165) is 19.4 Å². The lowest BCUT2D eigenvalue weighted by Crippen LogP contribution is -2.34. The fourth-order valence-corrected chi connectivity index (χ4v) is 1.21. The summed E-state index contributed by atoms with van der Waals surface area (Å²) in [6.07, 6.45) is 7.80. The summed E-state index contributed by atoms with van der Waals surface area (Å²) < 4.78 is 5.43. The fourth-order valence-electron chi connectivity index (χ4n) is 1.21. The normalized spacial score (nSPS) is 25.0. The molecule has 0 aromatic rings. The number of rotatable bonds is 4. The summed E-state index contributed by atoms with van der Waals surface area (Å²) in [5.74, 6) is 0. The lowest BCUT2D eigenvalue weighted by Gasteiger charge is -2.21. The second-order valence-electron chi connectivity index (χ2n) is 3.42. The van der Waals surface area contributed by atoms with Crippen molar-refractivity contribution in [2.24, 2.45) is 0 Å². The van der Waals surface area contributed by atoms with Crippen molar-refractivity contribution >= 4 is 0 Å². The first-order chi connectivity index (χ1) is 5.83.